The first-order chi connectivity index (χ1) is 6.97. The molecule has 0 aliphatic rings. The lowest BCUT2D eigenvalue weighted by molar-refractivity contribution is -0.122. The van der Waals surface area contributed by atoms with Crippen LogP contribution in [0.4, 0.5) is 0 Å². The highest BCUT2D eigenvalue weighted by Crippen LogP contribution is 1.88. The summed E-state index contributed by atoms with van der Waals surface area (Å²) in [6, 6.07) is -0.357. The van der Waals surface area contributed by atoms with Crippen LogP contribution < -0.4 is 16.4 Å². The molecule has 0 aliphatic carbocycles. The minimum absolute atomic E-state index is 0.0542. The molecule has 0 rings (SSSR count). The Labute approximate surface area is 89.9 Å². The number of amidine groups is 1. The van der Waals surface area contributed by atoms with Crippen LogP contribution >= 0.6 is 0 Å². The first kappa shape index (κ1) is 13.7. The summed E-state index contributed by atoms with van der Waals surface area (Å²) in [6.45, 7) is 6.60. The summed E-state index contributed by atoms with van der Waals surface area (Å²) in [4.78, 5) is 11.4. The van der Waals surface area contributed by atoms with Crippen LogP contribution in [0.1, 0.15) is 20.8 Å². The molecule has 0 saturated heterocycles. The zero-order chi connectivity index (χ0) is 11.8. The molecule has 0 spiro atoms. The predicted octanol–water partition coefficient (Wildman–Crippen LogP) is -0.517. The zero-order valence-corrected chi connectivity index (χ0v) is 9.45. The Balaban J connectivity index is 3.79. The van der Waals surface area contributed by atoms with Crippen molar-refractivity contribution in [3.8, 4) is 0 Å². The first-order valence-electron chi connectivity index (χ1n) is 4.94. The second kappa shape index (κ2) is 7.05. The Morgan fingerprint density at radius 2 is 2.07 bits per heavy atom. The summed E-state index contributed by atoms with van der Waals surface area (Å²) >= 11 is 0. The van der Waals surface area contributed by atoms with Gasteiger partial charge in [0.2, 0.25) is 5.91 Å². The summed E-state index contributed by atoms with van der Waals surface area (Å²) in [5, 5.41) is 16.7. The molecule has 0 heterocycles. The molecule has 6 nitrogen and oxygen atoms in total. The van der Waals surface area contributed by atoms with E-state index in [2.05, 4.69) is 15.8 Å². The number of oxime groups is 1. The highest BCUT2D eigenvalue weighted by Gasteiger charge is 2.12. The highest BCUT2D eigenvalue weighted by molar-refractivity contribution is 5.84. The molecule has 0 aromatic rings. The van der Waals surface area contributed by atoms with Gasteiger partial charge in [-0.3, -0.25) is 10.1 Å². The summed E-state index contributed by atoms with van der Waals surface area (Å²) in [5.74, 6) is 0.387. The lowest BCUT2D eigenvalue weighted by Crippen LogP contribution is -2.45. The summed E-state index contributed by atoms with van der Waals surface area (Å²) < 4.78 is 0. The molecule has 15 heavy (non-hydrogen) atoms. The fraction of sp³-hybridized carbons (Fsp3) is 0.778. The molecule has 0 bridgehead atoms. The van der Waals surface area contributed by atoms with Crippen molar-refractivity contribution in [3.63, 3.8) is 0 Å². The van der Waals surface area contributed by atoms with Crippen LogP contribution in [-0.2, 0) is 4.79 Å². The van der Waals surface area contributed by atoms with Crippen LogP contribution in [-0.4, -0.2) is 36.1 Å². The summed E-state index contributed by atoms with van der Waals surface area (Å²) in [6.07, 6.45) is 0. The fourth-order valence-corrected chi connectivity index (χ4v) is 0.844. The molecule has 1 amide bonds. The summed E-state index contributed by atoms with van der Waals surface area (Å²) in [7, 11) is 0. The standard InChI is InChI=1S/C9H20N4O2/c1-6(2)4-12-9(14)7(3)11-5-8(10)13-15/h6-7,11,15H,4-5H2,1-3H3,(H2,10,13)(H,12,14). The van der Waals surface area contributed by atoms with Gasteiger partial charge in [0.1, 0.15) is 0 Å². The lowest BCUT2D eigenvalue weighted by atomic mass is 10.2. The Kier molecular flexibility index (Phi) is 6.44. The van der Waals surface area contributed by atoms with Gasteiger partial charge in [0.25, 0.3) is 0 Å². The number of nitrogens with zero attached hydrogens (tertiary/aromatic N) is 1. The third-order valence-electron chi connectivity index (χ3n) is 1.80. The molecule has 88 valence electrons. The maximum Gasteiger partial charge on any atom is 0.236 e. The maximum atomic E-state index is 11.4. The van der Waals surface area contributed by atoms with Gasteiger partial charge in [-0.05, 0) is 12.8 Å². The SMILES string of the molecule is CC(C)CNC(=O)C(C)NCC(N)=NO. The number of nitrogens with two attached hydrogens (primary N) is 1. The molecular weight excluding hydrogens is 196 g/mol. The Morgan fingerprint density at radius 1 is 1.47 bits per heavy atom. The van der Waals surface area contributed by atoms with Gasteiger partial charge < -0.3 is 16.3 Å². The highest BCUT2D eigenvalue weighted by atomic mass is 16.4. The quantitative estimate of drug-likeness (QED) is 0.208. The number of carbonyl (C=O) groups is 1. The largest absolute Gasteiger partial charge is 0.409 e. The molecular formula is C9H20N4O2. The van der Waals surface area contributed by atoms with Crippen molar-refractivity contribution in [2.24, 2.45) is 16.8 Å². The average molecular weight is 216 g/mol. The molecule has 0 aliphatic heterocycles. The van der Waals surface area contributed by atoms with Crippen molar-refractivity contribution >= 4 is 11.7 Å². The van der Waals surface area contributed by atoms with E-state index in [-0.39, 0.29) is 24.3 Å². The minimum atomic E-state index is -0.357. The van der Waals surface area contributed by atoms with E-state index in [4.69, 9.17) is 10.9 Å². The molecule has 0 aromatic carbocycles. The van der Waals surface area contributed by atoms with Crippen molar-refractivity contribution in [2.45, 2.75) is 26.8 Å². The number of hydrogen-bond acceptors (Lipinski definition) is 4. The average Bonchev–Trinajstić information content (AvgIpc) is 2.21. The predicted molar refractivity (Wildman–Crippen MR) is 58.7 cm³/mol. The van der Waals surface area contributed by atoms with Crippen molar-refractivity contribution in [2.75, 3.05) is 13.1 Å². The Bertz CT molecular complexity index is 228. The summed E-state index contributed by atoms with van der Waals surface area (Å²) in [5.41, 5.74) is 5.25. The molecule has 0 fully saturated rings. The number of carbonyl (C=O) groups excluding carboxylic acids is 1. The van der Waals surface area contributed by atoms with Gasteiger partial charge in [-0.2, -0.15) is 0 Å². The lowest BCUT2D eigenvalue weighted by Gasteiger charge is -2.14. The minimum Gasteiger partial charge on any atom is -0.409 e. The van der Waals surface area contributed by atoms with E-state index in [1.54, 1.807) is 6.92 Å². The topological polar surface area (TPSA) is 99.7 Å². The normalized spacial score (nSPS) is 14.0. The van der Waals surface area contributed by atoms with Crippen LogP contribution in [0.2, 0.25) is 0 Å². The van der Waals surface area contributed by atoms with Gasteiger partial charge in [0, 0.05) is 6.54 Å². The third-order valence-corrected chi connectivity index (χ3v) is 1.80. The van der Waals surface area contributed by atoms with Crippen molar-refractivity contribution in [3.05, 3.63) is 0 Å². The van der Waals surface area contributed by atoms with Gasteiger partial charge in [0.05, 0.1) is 12.6 Å². The number of hydrogen-bond donors (Lipinski definition) is 4. The van der Waals surface area contributed by atoms with Crippen molar-refractivity contribution in [1.29, 1.82) is 0 Å². The van der Waals surface area contributed by atoms with Crippen LogP contribution in [0.25, 0.3) is 0 Å². The van der Waals surface area contributed by atoms with E-state index in [9.17, 15) is 4.79 Å². The van der Waals surface area contributed by atoms with Gasteiger partial charge in [-0.1, -0.05) is 19.0 Å². The van der Waals surface area contributed by atoms with Crippen LogP contribution in [0.5, 0.6) is 0 Å². The van der Waals surface area contributed by atoms with E-state index < -0.39 is 0 Å². The zero-order valence-electron chi connectivity index (χ0n) is 9.45. The van der Waals surface area contributed by atoms with E-state index in [0.29, 0.717) is 12.5 Å². The van der Waals surface area contributed by atoms with Gasteiger partial charge in [-0.25, -0.2) is 0 Å². The second-order valence-corrected chi connectivity index (χ2v) is 3.83. The number of nitrogens with one attached hydrogen (secondary N) is 2. The number of amides is 1. The first-order valence-corrected chi connectivity index (χ1v) is 4.94. The fourth-order valence-electron chi connectivity index (χ4n) is 0.844. The molecule has 6 heteroatoms. The van der Waals surface area contributed by atoms with Gasteiger partial charge in [0.15, 0.2) is 5.84 Å². The molecule has 0 aromatic heterocycles. The molecule has 0 radical (unpaired) electrons. The second-order valence-electron chi connectivity index (χ2n) is 3.83. The smallest absolute Gasteiger partial charge is 0.236 e. The number of rotatable bonds is 6. The van der Waals surface area contributed by atoms with E-state index in [1.165, 1.54) is 0 Å². The third kappa shape index (κ3) is 6.73. The van der Waals surface area contributed by atoms with Crippen molar-refractivity contribution < 1.29 is 10.0 Å². The Morgan fingerprint density at radius 3 is 2.53 bits per heavy atom. The molecule has 1 atom stereocenters. The van der Waals surface area contributed by atoms with E-state index in [1.807, 2.05) is 13.8 Å². The van der Waals surface area contributed by atoms with Crippen molar-refractivity contribution in [1.82, 2.24) is 10.6 Å². The van der Waals surface area contributed by atoms with Crippen LogP contribution in [0.15, 0.2) is 5.16 Å². The molecule has 0 saturated carbocycles. The van der Waals surface area contributed by atoms with Crippen LogP contribution in [0, 0.1) is 5.92 Å². The molecule has 1 unspecified atom stereocenters. The maximum absolute atomic E-state index is 11.4. The van der Waals surface area contributed by atoms with Gasteiger partial charge in [-0.15, -0.1) is 0 Å². The van der Waals surface area contributed by atoms with E-state index >= 15 is 0 Å². The van der Waals surface area contributed by atoms with E-state index in [0.717, 1.165) is 0 Å². The molecule has 5 N–H and O–H groups in total. The monoisotopic (exact) mass is 216 g/mol. The van der Waals surface area contributed by atoms with Crippen LogP contribution in [0.3, 0.4) is 0 Å². The Hall–Kier alpha value is -1.30. The van der Waals surface area contributed by atoms with Gasteiger partial charge >= 0.3 is 0 Å².